The summed E-state index contributed by atoms with van der Waals surface area (Å²) in [6.07, 6.45) is 13.4. The fraction of sp³-hybridized carbons (Fsp3) is 0.667. The van der Waals surface area contributed by atoms with Crippen molar-refractivity contribution in [1.82, 2.24) is 0 Å². The zero-order chi connectivity index (χ0) is 20.2. The van der Waals surface area contributed by atoms with Crippen LogP contribution in [-0.4, -0.2) is 18.4 Å². The predicted octanol–water partition coefficient (Wildman–Crippen LogP) is 5.63. The smallest absolute Gasteiger partial charge is 0.307 e. The summed E-state index contributed by atoms with van der Waals surface area (Å²) in [6.45, 7) is 7.94. The number of hydrogen-bond acceptors (Lipinski definition) is 3. The molecule has 0 unspecified atom stereocenters. The van der Waals surface area contributed by atoms with Gasteiger partial charge >= 0.3 is 5.97 Å². The third kappa shape index (κ3) is 17.2. The lowest BCUT2D eigenvalue weighted by Crippen LogP contribution is -2.03. The van der Waals surface area contributed by atoms with E-state index < -0.39 is 0 Å². The maximum Gasteiger partial charge on any atom is 0.307 e. The van der Waals surface area contributed by atoms with Gasteiger partial charge in [-0.2, -0.15) is 0 Å². The van der Waals surface area contributed by atoms with Crippen LogP contribution in [0.25, 0.3) is 0 Å². The molecule has 0 saturated heterocycles. The molecule has 0 aliphatic heterocycles. The van der Waals surface area contributed by atoms with Crippen LogP contribution < -0.4 is 0 Å². The molecule has 0 heterocycles. The molecule has 0 aromatic rings. The van der Waals surface area contributed by atoms with E-state index in [-0.39, 0.29) is 5.97 Å². The summed E-state index contributed by atoms with van der Waals surface area (Å²) in [6, 6.07) is 0. The van der Waals surface area contributed by atoms with E-state index in [9.17, 15) is 9.59 Å². The van der Waals surface area contributed by atoms with E-state index in [0.29, 0.717) is 37.6 Å². The number of rotatable bonds is 9. The van der Waals surface area contributed by atoms with Crippen LogP contribution in [0.15, 0.2) is 12.7 Å². The van der Waals surface area contributed by atoms with Crippen LogP contribution >= 0.6 is 0 Å². The Hall–Kier alpha value is -2.00. The second kappa shape index (κ2) is 18.8. The molecule has 0 aromatic carbocycles. The Morgan fingerprint density at radius 2 is 1.93 bits per heavy atom. The van der Waals surface area contributed by atoms with E-state index in [0.717, 1.165) is 25.7 Å². The Balaban J connectivity index is 0.000000516. The summed E-state index contributed by atoms with van der Waals surface area (Å²) in [4.78, 5) is 21.8. The average Bonchev–Trinajstić information content (AvgIpc) is 3.08. The van der Waals surface area contributed by atoms with Crippen molar-refractivity contribution < 1.29 is 14.3 Å². The van der Waals surface area contributed by atoms with Gasteiger partial charge < -0.3 is 4.74 Å². The van der Waals surface area contributed by atoms with E-state index >= 15 is 0 Å². The lowest BCUT2D eigenvalue weighted by Gasteiger charge is -1.97. The number of carbonyl (C=O) groups excluding carboxylic acids is 2. The van der Waals surface area contributed by atoms with Crippen LogP contribution in [0.5, 0.6) is 0 Å². The molecular formula is C24H36O3. The van der Waals surface area contributed by atoms with E-state index in [4.69, 9.17) is 4.74 Å². The lowest BCUT2D eigenvalue weighted by molar-refractivity contribution is -0.142. The molecule has 27 heavy (non-hydrogen) atoms. The topological polar surface area (TPSA) is 43.4 Å². The standard InChI is InChI=1S/C14H22O.C10H14O2/c1-2-3-4-5-6-7-8-9-13-10-11-14(15)12-13;1-3-5-6-7-8-10(11)12-9-4-2/h13H,2-7,10-12H2,1H3;4H,2-3,7-9H2,1H3/t13-;/m0./s1. The van der Waals surface area contributed by atoms with Gasteiger partial charge in [-0.15, -0.1) is 17.8 Å². The fourth-order valence-electron chi connectivity index (χ4n) is 2.57. The lowest BCUT2D eigenvalue weighted by atomic mass is 10.1. The molecule has 0 spiro atoms. The highest BCUT2D eigenvalue weighted by Crippen LogP contribution is 2.20. The molecule has 3 heteroatoms. The van der Waals surface area contributed by atoms with Crippen molar-refractivity contribution in [2.75, 3.05) is 6.61 Å². The second-order valence-electron chi connectivity index (χ2n) is 6.64. The Bertz CT molecular complexity index is 539. The van der Waals surface area contributed by atoms with Crippen LogP contribution in [0, 0.1) is 29.6 Å². The van der Waals surface area contributed by atoms with Crippen molar-refractivity contribution >= 4 is 11.8 Å². The summed E-state index contributed by atoms with van der Waals surface area (Å²) in [7, 11) is 0. The van der Waals surface area contributed by atoms with Crippen LogP contribution in [0.2, 0.25) is 0 Å². The van der Waals surface area contributed by atoms with Gasteiger partial charge in [0.25, 0.3) is 0 Å². The molecule has 1 fully saturated rings. The van der Waals surface area contributed by atoms with Crippen LogP contribution in [0.3, 0.4) is 0 Å². The Kier molecular flexibility index (Phi) is 17.4. The molecule has 1 aliphatic rings. The Labute approximate surface area is 166 Å². The number of esters is 1. The first-order valence-corrected chi connectivity index (χ1v) is 10.4. The molecule has 150 valence electrons. The largest absolute Gasteiger partial charge is 0.461 e. The number of hydrogen-bond donors (Lipinski definition) is 0. The van der Waals surface area contributed by atoms with Gasteiger partial charge in [0.05, 0.1) is 6.42 Å². The quantitative estimate of drug-likeness (QED) is 0.228. The second-order valence-corrected chi connectivity index (χ2v) is 6.64. The minimum atomic E-state index is -0.208. The summed E-state index contributed by atoms with van der Waals surface area (Å²) in [5, 5.41) is 0. The Morgan fingerprint density at radius 3 is 2.56 bits per heavy atom. The highest BCUT2D eigenvalue weighted by atomic mass is 16.5. The maximum absolute atomic E-state index is 11.0. The normalized spacial score (nSPS) is 14.7. The van der Waals surface area contributed by atoms with Gasteiger partial charge in [-0.05, 0) is 12.8 Å². The molecule has 1 aliphatic carbocycles. The first kappa shape index (κ1) is 25.0. The van der Waals surface area contributed by atoms with Crippen molar-refractivity contribution in [2.24, 2.45) is 5.92 Å². The van der Waals surface area contributed by atoms with E-state index in [2.05, 4.69) is 37.2 Å². The number of ketones is 1. The van der Waals surface area contributed by atoms with Crippen molar-refractivity contribution in [3.8, 4) is 23.7 Å². The molecule has 3 nitrogen and oxygen atoms in total. The summed E-state index contributed by atoms with van der Waals surface area (Å²) in [5.41, 5.74) is 0. The van der Waals surface area contributed by atoms with Crippen LogP contribution in [-0.2, 0) is 14.3 Å². The minimum absolute atomic E-state index is 0.208. The van der Waals surface area contributed by atoms with Crippen LogP contribution in [0.1, 0.15) is 90.9 Å². The average molecular weight is 373 g/mol. The molecular weight excluding hydrogens is 336 g/mol. The number of unbranched alkanes of at least 4 members (excludes halogenated alkanes) is 5. The van der Waals surface area contributed by atoms with Crippen molar-refractivity contribution in [2.45, 2.75) is 90.9 Å². The molecule has 1 saturated carbocycles. The Morgan fingerprint density at radius 1 is 1.15 bits per heavy atom. The molecule has 0 radical (unpaired) electrons. The molecule has 0 aromatic heterocycles. The first-order valence-electron chi connectivity index (χ1n) is 10.4. The van der Waals surface area contributed by atoms with Gasteiger partial charge in [0, 0.05) is 38.0 Å². The van der Waals surface area contributed by atoms with E-state index in [1.807, 2.05) is 6.92 Å². The molecule has 0 amide bonds. The molecule has 1 rings (SSSR count). The number of ether oxygens (including phenoxy) is 1. The highest BCUT2D eigenvalue weighted by molar-refractivity contribution is 5.81. The van der Waals surface area contributed by atoms with Gasteiger partial charge in [-0.1, -0.05) is 58.1 Å². The zero-order valence-electron chi connectivity index (χ0n) is 17.3. The molecule has 1 atom stereocenters. The highest BCUT2D eigenvalue weighted by Gasteiger charge is 2.19. The van der Waals surface area contributed by atoms with Gasteiger partial charge in [-0.3, -0.25) is 9.59 Å². The number of Topliss-reactive ketones (excluding diaryl/α,β-unsaturated/α-hetero) is 1. The zero-order valence-corrected chi connectivity index (χ0v) is 17.3. The molecule has 0 bridgehead atoms. The van der Waals surface area contributed by atoms with Crippen molar-refractivity contribution in [1.29, 1.82) is 0 Å². The SMILES string of the molecule is C=CCOC(=O)CCC#CCC.CCCCCCCC#C[C@H]1CCC(=O)C1. The third-order valence-corrected chi connectivity index (χ3v) is 4.08. The fourth-order valence-corrected chi connectivity index (χ4v) is 2.57. The predicted molar refractivity (Wildman–Crippen MR) is 112 cm³/mol. The summed E-state index contributed by atoms with van der Waals surface area (Å²) >= 11 is 0. The number of carbonyl (C=O) groups is 2. The monoisotopic (exact) mass is 372 g/mol. The van der Waals surface area contributed by atoms with Gasteiger partial charge in [0.15, 0.2) is 0 Å². The minimum Gasteiger partial charge on any atom is -0.461 e. The first-order chi connectivity index (χ1) is 13.1. The van der Waals surface area contributed by atoms with Crippen molar-refractivity contribution in [3.05, 3.63) is 12.7 Å². The van der Waals surface area contributed by atoms with Gasteiger partial charge in [0.1, 0.15) is 12.4 Å². The van der Waals surface area contributed by atoms with Gasteiger partial charge in [0.2, 0.25) is 0 Å². The third-order valence-electron chi connectivity index (χ3n) is 4.08. The van der Waals surface area contributed by atoms with Crippen molar-refractivity contribution in [3.63, 3.8) is 0 Å². The maximum atomic E-state index is 11.0. The summed E-state index contributed by atoms with van der Waals surface area (Å²) in [5.74, 6) is 12.8. The molecule has 0 N–H and O–H groups in total. The summed E-state index contributed by atoms with van der Waals surface area (Å²) < 4.78 is 4.75. The van der Waals surface area contributed by atoms with E-state index in [1.54, 1.807) is 6.08 Å². The van der Waals surface area contributed by atoms with E-state index in [1.165, 1.54) is 32.1 Å². The van der Waals surface area contributed by atoms with Gasteiger partial charge in [-0.25, -0.2) is 0 Å². The van der Waals surface area contributed by atoms with Crippen LogP contribution in [0.4, 0.5) is 0 Å².